The number of rotatable bonds is 5. The highest BCUT2D eigenvalue weighted by Crippen LogP contribution is 2.14. The van der Waals surface area contributed by atoms with Crippen LogP contribution in [0, 0.1) is 0 Å². The van der Waals surface area contributed by atoms with Crippen LogP contribution in [0.25, 0.3) is 0 Å². The van der Waals surface area contributed by atoms with E-state index in [2.05, 4.69) is 5.32 Å². The topological polar surface area (TPSA) is 72.2 Å². The number of carbonyl (C=O) groups is 2. The first kappa shape index (κ1) is 15.4. The van der Waals surface area contributed by atoms with Crippen molar-refractivity contribution in [2.75, 3.05) is 0 Å². The van der Waals surface area contributed by atoms with E-state index in [1.165, 1.54) is 0 Å². The van der Waals surface area contributed by atoms with E-state index >= 15 is 0 Å². The van der Waals surface area contributed by atoms with Gasteiger partial charge in [-0.25, -0.2) is 0 Å². The fourth-order valence-corrected chi connectivity index (χ4v) is 1.86. The summed E-state index contributed by atoms with van der Waals surface area (Å²) in [5, 5.41) is 2.91. The quantitative estimate of drug-likeness (QED) is 0.793. The van der Waals surface area contributed by atoms with Crippen molar-refractivity contribution in [1.82, 2.24) is 5.32 Å². The third kappa shape index (κ3) is 4.83. The lowest BCUT2D eigenvalue weighted by Crippen LogP contribution is -2.50. The maximum absolute atomic E-state index is 11.6. The number of nitrogens with one attached hydrogen (secondary N) is 1. The zero-order valence-corrected chi connectivity index (χ0v) is 12.0. The number of hydrogen-bond acceptors (Lipinski definition) is 3. The number of benzene rings is 1. The van der Waals surface area contributed by atoms with Crippen LogP contribution in [0.15, 0.2) is 24.3 Å². The van der Waals surface area contributed by atoms with Crippen molar-refractivity contribution in [2.45, 2.75) is 45.7 Å². The minimum atomic E-state index is -0.514. The van der Waals surface area contributed by atoms with Crippen molar-refractivity contribution < 1.29 is 9.59 Å². The van der Waals surface area contributed by atoms with Crippen molar-refractivity contribution in [3.8, 4) is 0 Å². The normalized spacial score (nSPS) is 12.9. The first-order chi connectivity index (χ1) is 8.71. The molecule has 0 heterocycles. The van der Waals surface area contributed by atoms with Crippen molar-refractivity contribution >= 4 is 11.7 Å². The molecule has 0 saturated heterocycles. The Kier molecular flexibility index (Phi) is 4.84. The maximum Gasteiger partial charge on any atom is 0.237 e. The van der Waals surface area contributed by atoms with E-state index in [4.69, 9.17) is 5.73 Å². The molecule has 1 amide bonds. The smallest absolute Gasteiger partial charge is 0.237 e. The molecule has 0 aliphatic heterocycles. The molecule has 104 valence electrons. The van der Waals surface area contributed by atoms with Crippen molar-refractivity contribution in [1.29, 1.82) is 0 Å². The SMILES string of the molecule is CC(=O)c1ccc(CC(C)(C)NC(=O)[C@H](C)N)cc1. The molecule has 1 aromatic rings. The summed E-state index contributed by atoms with van der Waals surface area (Å²) in [6, 6.07) is 6.93. The van der Waals surface area contributed by atoms with Crippen molar-refractivity contribution in [2.24, 2.45) is 5.73 Å². The molecule has 0 bridgehead atoms. The summed E-state index contributed by atoms with van der Waals surface area (Å²) in [4.78, 5) is 22.8. The van der Waals surface area contributed by atoms with Gasteiger partial charge in [0.1, 0.15) is 0 Å². The molecule has 0 aliphatic carbocycles. The van der Waals surface area contributed by atoms with E-state index in [0.29, 0.717) is 12.0 Å². The molecular formula is C15H22N2O2. The molecule has 3 N–H and O–H groups in total. The van der Waals surface area contributed by atoms with Gasteiger partial charge in [0.15, 0.2) is 5.78 Å². The predicted molar refractivity (Wildman–Crippen MR) is 76.0 cm³/mol. The van der Waals surface area contributed by atoms with Gasteiger partial charge in [0.25, 0.3) is 0 Å². The lowest BCUT2D eigenvalue weighted by atomic mass is 9.93. The monoisotopic (exact) mass is 262 g/mol. The molecule has 19 heavy (non-hydrogen) atoms. The van der Waals surface area contributed by atoms with E-state index < -0.39 is 6.04 Å². The van der Waals surface area contributed by atoms with Gasteiger partial charge >= 0.3 is 0 Å². The third-order valence-electron chi connectivity index (χ3n) is 2.88. The van der Waals surface area contributed by atoms with Crippen LogP contribution in [0.4, 0.5) is 0 Å². The molecule has 0 saturated carbocycles. The highest BCUT2D eigenvalue weighted by molar-refractivity contribution is 5.94. The van der Waals surface area contributed by atoms with E-state index in [-0.39, 0.29) is 17.2 Å². The fraction of sp³-hybridized carbons (Fsp3) is 0.467. The fourth-order valence-electron chi connectivity index (χ4n) is 1.86. The second kappa shape index (κ2) is 5.97. The van der Waals surface area contributed by atoms with Crippen LogP contribution >= 0.6 is 0 Å². The van der Waals surface area contributed by atoms with Crippen molar-refractivity contribution in [3.05, 3.63) is 35.4 Å². The zero-order valence-electron chi connectivity index (χ0n) is 12.0. The lowest BCUT2D eigenvalue weighted by Gasteiger charge is -2.27. The summed E-state index contributed by atoms with van der Waals surface area (Å²) in [5.74, 6) is -0.110. The van der Waals surface area contributed by atoms with E-state index in [0.717, 1.165) is 5.56 Å². The summed E-state index contributed by atoms with van der Waals surface area (Å²) in [5.41, 5.74) is 6.93. The summed E-state index contributed by atoms with van der Waals surface area (Å²) in [6.07, 6.45) is 0.684. The molecule has 4 heteroatoms. The highest BCUT2D eigenvalue weighted by atomic mass is 16.2. The molecule has 1 rings (SSSR count). The Hall–Kier alpha value is -1.68. The van der Waals surface area contributed by atoms with Crippen LogP contribution < -0.4 is 11.1 Å². The Morgan fingerprint density at radius 1 is 1.26 bits per heavy atom. The van der Waals surface area contributed by atoms with Crippen LogP contribution in [0.5, 0.6) is 0 Å². The molecular weight excluding hydrogens is 240 g/mol. The highest BCUT2D eigenvalue weighted by Gasteiger charge is 2.22. The van der Waals surface area contributed by atoms with Crippen LogP contribution in [-0.2, 0) is 11.2 Å². The van der Waals surface area contributed by atoms with Gasteiger partial charge in [0.2, 0.25) is 5.91 Å². The second-order valence-corrected chi connectivity index (χ2v) is 5.59. The molecule has 0 aromatic heterocycles. The van der Waals surface area contributed by atoms with E-state index in [9.17, 15) is 9.59 Å². The standard InChI is InChI=1S/C15H22N2O2/c1-10(16)14(19)17-15(3,4)9-12-5-7-13(8-6-12)11(2)18/h5-8,10H,9,16H2,1-4H3,(H,17,19)/t10-/m0/s1. The molecule has 1 atom stereocenters. The zero-order chi connectivity index (χ0) is 14.6. The molecule has 0 fully saturated rings. The number of carbonyl (C=O) groups excluding carboxylic acids is 2. The minimum absolute atomic E-state index is 0.0519. The van der Waals surface area contributed by atoms with Gasteiger partial charge in [-0.2, -0.15) is 0 Å². The summed E-state index contributed by atoms with van der Waals surface area (Å²) < 4.78 is 0. The van der Waals surface area contributed by atoms with Crippen LogP contribution in [0.3, 0.4) is 0 Å². The second-order valence-electron chi connectivity index (χ2n) is 5.59. The molecule has 0 unspecified atom stereocenters. The first-order valence-electron chi connectivity index (χ1n) is 6.39. The number of nitrogens with two attached hydrogens (primary N) is 1. The summed E-state index contributed by atoms with van der Waals surface area (Å²) >= 11 is 0. The Bertz CT molecular complexity index is 462. The van der Waals surface area contributed by atoms with E-state index in [1.54, 1.807) is 26.0 Å². The van der Waals surface area contributed by atoms with E-state index in [1.807, 2.05) is 26.0 Å². The van der Waals surface area contributed by atoms with Gasteiger partial charge in [-0.15, -0.1) is 0 Å². The lowest BCUT2D eigenvalue weighted by molar-refractivity contribution is -0.123. The van der Waals surface area contributed by atoms with Gasteiger partial charge in [-0.1, -0.05) is 24.3 Å². The molecule has 4 nitrogen and oxygen atoms in total. The maximum atomic E-state index is 11.6. The van der Waals surface area contributed by atoms with Crippen LogP contribution in [0.2, 0.25) is 0 Å². The van der Waals surface area contributed by atoms with Crippen molar-refractivity contribution in [3.63, 3.8) is 0 Å². The predicted octanol–water partition coefficient (Wildman–Crippen LogP) is 1.67. The van der Waals surface area contributed by atoms with Crippen LogP contribution in [0.1, 0.15) is 43.6 Å². The third-order valence-corrected chi connectivity index (χ3v) is 2.88. The Morgan fingerprint density at radius 2 is 1.79 bits per heavy atom. The van der Waals surface area contributed by atoms with Crippen LogP contribution in [-0.4, -0.2) is 23.3 Å². The first-order valence-corrected chi connectivity index (χ1v) is 6.39. The minimum Gasteiger partial charge on any atom is -0.350 e. The Morgan fingerprint density at radius 3 is 2.21 bits per heavy atom. The van der Waals surface area contributed by atoms with Gasteiger partial charge in [-0.05, 0) is 39.7 Å². The van der Waals surface area contributed by atoms with Gasteiger partial charge in [0, 0.05) is 11.1 Å². The molecule has 0 spiro atoms. The van der Waals surface area contributed by atoms with Gasteiger partial charge < -0.3 is 11.1 Å². The number of amides is 1. The van der Waals surface area contributed by atoms with Gasteiger partial charge in [-0.3, -0.25) is 9.59 Å². The Balaban J connectivity index is 2.72. The molecule has 1 aromatic carbocycles. The average molecular weight is 262 g/mol. The molecule has 0 radical (unpaired) electrons. The Labute approximate surface area is 114 Å². The number of hydrogen-bond donors (Lipinski definition) is 2. The summed E-state index contributed by atoms with van der Waals surface area (Å²) in [7, 11) is 0. The largest absolute Gasteiger partial charge is 0.350 e. The number of ketones is 1. The summed E-state index contributed by atoms with van der Waals surface area (Å²) in [6.45, 7) is 7.10. The van der Waals surface area contributed by atoms with Gasteiger partial charge in [0.05, 0.1) is 6.04 Å². The average Bonchev–Trinajstić information content (AvgIpc) is 2.28. The molecule has 0 aliphatic rings. The number of Topliss-reactive ketones (excluding diaryl/α,β-unsaturated/α-hetero) is 1.